The second-order valence-electron chi connectivity index (χ2n) is 4.86. The normalized spacial score (nSPS) is 19.4. The van der Waals surface area contributed by atoms with Crippen LogP contribution in [-0.4, -0.2) is 44.7 Å². The van der Waals surface area contributed by atoms with Gasteiger partial charge in [0, 0.05) is 38.3 Å². The molecule has 19 heavy (non-hydrogen) atoms. The van der Waals surface area contributed by atoms with Gasteiger partial charge < -0.3 is 10.2 Å². The van der Waals surface area contributed by atoms with E-state index in [0.717, 1.165) is 18.8 Å². The molecular formula is C14H18N4O. The topological polar surface area (TPSA) is 59.4 Å². The molecule has 0 aromatic heterocycles. The number of nitrogens with one attached hydrogen (secondary N) is 1. The molecule has 1 heterocycles. The van der Waals surface area contributed by atoms with Gasteiger partial charge in [0.2, 0.25) is 0 Å². The molecule has 1 N–H and O–H groups in total. The van der Waals surface area contributed by atoms with Crippen LogP contribution in [0, 0.1) is 17.2 Å². The van der Waals surface area contributed by atoms with Crippen LogP contribution in [0.2, 0.25) is 0 Å². The molecule has 1 aliphatic rings. The monoisotopic (exact) mass is 258 g/mol. The van der Waals surface area contributed by atoms with Crippen LogP contribution in [-0.2, 0) is 0 Å². The third kappa shape index (κ3) is 2.85. The van der Waals surface area contributed by atoms with Gasteiger partial charge in [-0.2, -0.15) is 5.26 Å². The van der Waals surface area contributed by atoms with Gasteiger partial charge in [0.25, 0.3) is 0 Å². The van der Waals surface area contributed by atoms with Crippen molar-refractivity contribution in [3.05, 3.63) is 29.8 Å². The molecule has 100 valence electrons. The number of anilines is 1. The Hall–Kier alpha value is -2.06. The zero-order valence-electron chi connectivity index (χ0n) is 11.3. The maximum absolute atomic E-state index is 12.2. The van der Waals surface area contributed by atoms with Gasteiger partial charge in [-0.15, -0.1) is 0 Å². The summed E-state index contributed by atoms with van der Waals surface area (Å²) in [7, 11) is 3.74. The maximum Gasteiger partial charge on any atom is 0.324 e. The molecule has 1 saturated heterocycles. The van der Waals surface area contributed by atoms with E-state index in [1.807, 2.05) is 26.2 Å². The standard InChI is InChI=1S/C14H18N4O/c1-16-8-12-9-17(2)14(19)18(10-12)13-5-3-11(7-15)4-6-13/h3-6,12,16H,8-10H2,1-2H3. The molecular weight excluding hydrogens is 240 g/mol. The summed E-state index contributed by atoms with van der Waals surface area (Å²) in [4.78, 5) is 15.7. The highest BCUT2D eigenvalue weighted by Gasteiger charge is 2.29. The molecule has 1 aromatic carbocycles. The number of hydrogen-bond acceptors (Lipinski definition) is 3. The van der Waals surface area contributed by atoms with Crippen molar-refractivity contribution in [1.82, 2.24) is 10.2 Å². The van der Waals surface area contributed by atoms with Gasteiger partial charge in [0.1, 0.15) is 0 Å². The Bertz CT molecular complexity index is 491. The zero-order chi connectivity index (χ0) is 13.8. The first-order valence-corrected chi connectivity index (χ1v) is 6.33. The van der Waals surface area contributed by atoms with Crippen molar-refractivity contribution in [1.29, 1.82) is 5.26 Å². The van der Waals surface area contributed by atoms with E-state index in [2.05, 4.69) is 11.4 Å². The van der Waals surface area contributed by atoms with Crippen LogP contribution >= 0.6 is 0 Å². The first kappa shape index (κ1) is 13.4. The Morgan fingerprint density at radius 1 is 1.37 bits per heavy atom. The van der Waals surface area contributed by atoms with Crippen molar-refractivity contribution in [3.8, 4) is 6.07 Å². The van der Waals surface area contributed by atoms with E-state index in [1.165, 1.54) is 0 Å². The fourth-order valence-electron chi connectivity index (χ4n) is 2.42. The number of hydrogen-bond donors (Lipinski definition) is 1. The molecule has 0 aliphatic carbocycles. The predicted octanol–water partition coefficient (Wildman–Crippen LogP) is 1.27. The third-order valence-corrected chi connectivity index (χ3v) is 3.33. The first-order chi connectivity index (χ1) is 9.15. The van der Waals surface area contributed by atoms with Crippen LogP contribution in [0.15, 0.2) is 24.3 Å². The summed E-state index contributed by atoms with van der Waals surface area (Å²) in [6.07, 6.45) is 0. The molecule has 0 saturated carbocycles. The zero-order valence-corrected chi connectivity index (χ0v) is 11.3. The van der Waals surface area contributed by atoms with E-state index in [9.17, 15) is 4.79 Å². The number of carbonyl (C=O) groups is 1. The van der Waals surface area contributed by atoms with Gasteiger partial charge in [-0.3, -0.25) is 4.90 Å². The minimum atomic E-state index is 0.0112. The molecule has 0 bridgehead atoms. The summed E-state index contributed by atoms with van der Waals surface area (Å²) >= 11 is 0. The van der Waals surface area contributed by atoms with Gasteiger partial charge in [0.15, 0.2) is 0 Å². The summed E-state index contributed by atoms with van der Waals surface area (Å²) in [6.45, 7) is 2.35. The van der Waals surface area contributed by atoms with Crippen molar-refractivity contribution in [2.45, 2.75) is 0 Å². The SMILES string of the molecule is CNCC1CN(C)C(=O)N(c2ccc(C#N)cc2)C1. The van der Waals surface area contributed by atoms with Crippen LogP contribution in [0.25, 0.3) is 0 Å². The van der Waals surface area contributed by atoms with E-state index in [4.69, 9.17) is 5.26 Å². The lowest BCUT2D eigenvalue weighted by Gasteiger charge is -2.38. The predicted molar refractivity (Wildman–Crippen MR) is 73.9 cm³/mol. The third-order valence-electron chi connectivity index (χ3n) is 3.33. The molecule has 1 fully saturated rings. The van der Waals surface area contributed by atoms with Gasteiger partial charge in [-0.05, 0) is 31.3 Å². The van der Waals surface area contributed by atoms with Gasteiger partial charge in [-0.1, -0.05) is 0 Å². The number of carbonyl (C=O) groups excluding carboxylic acids is 1. The number of urea groups is 1. The molecule has 1 unspecified atom stereocenters. The minimum Gasteiger partial charge on any atom is -0.327 e. The summed E-state index contributed by atoms with van der Waals surface area (Å²) in [5, 5.41) is 12.0. The van der Waals surface area contributed by atoms with Crippen LogP contribution in [0.5, 0.6) is 0 Å². The molecule has 1 aliphatic heterocycles. The smallest absolute Gasteiger partial charge is 0.324 e. The van der Waals surface area contributed by atoms with Crippen molar-refractivity contribution >= 4 is 11.7 Å². The Balaban J connectivity index is 2.20. The average Bonchev–Trinajstić information content (AvgIpc) is 2.43. The number of benzene rings is 1. The highest BCUT2D eigenvalue weighted by molar-refractivity contribution is 5.92. The van der Waals surface area contributed by atoms with Crippen LogP contribution in [0.4, 0.5) is 10.5 Å². The lowest BCUT2D eigenvalue weighted by atomic mass is 10.1. The summed E-state index contributed by atoms with van der Waals surface area (Å²) < 4.78 is 0. The number of amides is 2. The van der Waals surface area contributed by atoms with Gasteiger partial charge >= 0.3 is 6.03 Å². The molecule has 0 radical (unpaired) electrons. The lowest BCUT2D eigenvalue weighted by Crippen LogP contribution is -2.53. The van der Waals surface area contributed by atoms with Crippen LogP contribution < -0.4 is 10.2 Å². The van der Waals surface area contributed by atoms with E-state index >= 15 is 0 Å². The van der Waals surface area contributed by atoms with Crippen LogP contribution in [0.3, 0.4) is 0 Å². The largest absolute Gasteiger partial charge is 0.327 e. The molecule has 0 spiro atoms. The van der Waals surface area contributed by atoms with E-state index < -0.39 is 0 Å². The Morgan fingerprint density at radius 2 is 2.05 bits per heavy atom. The van der Waals surface area contributed by atoms with Crippen molar-refractivity contribution in [3.63, 3.8) is 0 Å². The highest BCUT2D eigenvalue weighted by atomic mass is 16.2. The lowest BCUT2D eigenvalue weighted by molar-refractivity contribution is 0.192. The maximum atomic E-state index is 12.2. The van der Waals surface area contributed by atoms with E-state index in [0.29, 0.717) is 18.0 Å². The van der Waals surface area contributed by atoms with Crippen molar-refractivity contribution in [2.24, 2.45) is 5.92 Å². The number of nitriles is 1. The second-order valence-corrected chi connectivity index (χ2v) is 4.86. The molecule has 1 atom stereocenters. The van der Waals surface area contributed by atoms with E-state index in [1.54, 1.807) is 21.9 Å². The molecule has 5 heteroatoms. The molecule has 2 rings (SSSR count). The van der Waals surface area contributed by atoms with Gasteiger partial charge in [-0.25, -0.2) is 4.79 Å². The fraction of sp³-hybridized carbons (Fsp3) is 0.429. The molecule has 1 aromatic rings. The van der Waals surface area contributed by atoms with Gasteiger partial charge in [0.05, 0.1) is 11.6 Å². The fourth-order valence-corrected chi connectivity index (χ4v) is 2.42. The Labute approximate surface area is 113 Å². The molecule has 2 amide bonds. The second kappa shape index (κ2) is 5.72. The minimum absolute atomic E-state index is 0.0112. The highest BCUT2D eigenvalue weighted by Crippen LogP contribution is 2.22. The van der Waals surface area contributed by atoms with E-state index in [-0.39, 0.29) is 6.03 Å². The van der Waals surface area contributed by atoms with Crippen LogP contribution in [0.1, 0.15) is 5.56 Å². The number of nitrogens with zero attached hydrogens (tertiary/aromatic N) is 3. The van der Waals surface area contributed by atoms with Crippen molar-refractivity contribution in [2.75, 3.05) is 38.6 Å². The number of rotatable bonds is 3. The molecule has 5 nitrogen and oxygen atoms in total. The Morgan fingerprint density at radius 3 is 2.63 bits per heavy atom. The summed E-state index contributed by atoms with van der Waals surface area (Å²) in [5.41, 5.74) is 1.45. The average molecular weight is 258 g/mol. The van der Waals surface area contributed by atoms with Crippen molar-refractivity contribution < 1.29 is 4.79 Å². The Kier molecular flexibility index (Phi) is 4.03. The quantitative estimate of drug-likeness (QED) is 0.888. The summed E-state index contributed by atoms with van der Waals surface area (Å²) in [5.74, 6) is 0.406. The first-order valence-electron chi connectivity index (χ1n) is 6.33. The summed E-state index contributed by atoms with van der Waals surface area (Å²) in [6, 6.07) is 9.23.